The summed E-state index contributed by atoms with van der Waals surface area (Å²) in [5.74, 6) is 2.27. The molecule has 1 aliphatic rings. The first-order valence-corrected chi connectivity index (χ1v) is 11.8. The van der Waals surface area contributed by atoms with Crippen molar-refractivity contribution in [3.63, 3.8) is 0 Å². The molecule has 0 N–H and O–H groups in total. The summed E-state index contributed by atoms with van der Waals surface area (Å²) < 4.78 is 7.41. The maximum Gasteiger partial charge on any atom is 0.236 e. The molecule has 1 aliphatic heterocycles. The quantitative estimate of drug-likeness (QED) is 0.586. The largest absolute Gasteiger partial charge is 0.497 e. The molecule has 0 spiro atoms. The van der Waals surface area contributed by atoms with Crippen LogP contribution >= 0.6 is 11.8 Å². The van der Waals surface area contributed by atoms with Gasteiger partial charge in [-0.2, -0.15) is 0 Å². The van der Waals surface area contributed by atoms with Crippen molar-refractivity contribution in [2.45, 2.75) is 82.9 Å². The summed E-state index contributed by atoms with van der Waals surface area (Å²) in [7, 11) is 1.66. The standard InChI is InChI=1S/C23H34N4O2S/c1-15(2)14-26-21(19-10-12-20(29-6)13-11-19)24-25-23(26)30-18(5)22(28)27-16(3)8-7-9-17(27)4/h10-13,15-18H,7-9,14H2,1-6H3/t16-,17-,18+/m0/s1. The maximum atomic E-state index is 13.2. The highest BCUT2D eigenvalue weighted by Gasteiger charge is 2.33. The van der Waals surface area contributed by atoms with Crippen molar-refractivity contribution in [3.8, 4) is 17.1 Å². The van der Waals surface area contributed by atoms with Gasteiger partial charge in [0.15, 0.2) is 11.0 Å². The monoisotopic (exact) mass is 430 g/mol. The van der Waals surface area contributed by atoms with Crippen LogP contribution < -0.4 is 4.74 Å². The Hall–Kier alpha value is -2.02. The topological polar surface area (TPSA) is 60.3 Å². The summed E-state index contributed by atoms with van der Waals surface area (Å²) in [6.45, 7) is 11.5. The third-order valence-electron chi connectivity index (χ3n) is 5.69. The van der Waals surface area contributed by atoms with Gasteiger partial charge in [0, 0.05) is 24.2 Å². The van der Waals surface area contributed by atoms with Gasteiger partial charge in [-0.15, -0.1) is 10.2 Å². The molecule has 6 nitrogen and oxygen atoms in total. The zero-order chi connectivity index (χ0) is 21.8. The molecule has 0 saturated carbocycles. The third kappa shape index (κ3) is 4.99. The number of hydrogen-bond acceptors (Lipinski definition) is 5. The van der Waals surface area contributed by atoms with E-state index in [1.54, 1.807) is 7.11 Å². The van der Waals surface area contributed by atoms with E-state index in [1.165, 1.54) is 18.2 Å². The predicted octanol–water partition coefficient (Wildman–Crippen LogP) is 4.88. The molecule has 0 unspecified atom stereocenters. The van der Waals surface area contributed by atoms with Gasteiger partial charge in [-0.25, -0.2) is 0 Å². The van der Waals surface area contributed by atoms with Crippen molar-refractivity contribution < 1.29 is 9.53 Å². The average Bonchev–Trinajstić information content (AvgIpc) is 3.09. The van der Waals surface area contributed by atoms with Gasteiger partial charge in [0.1, 0.15) is 5.75 Å². The van der Waals surface area contributed by atoms with E-state index in [0.717, 1.165) is 41.7 Å². The number of rotatable bonds is 7. The lowest BCUT2D eigenvalue weighted by molar-refractivity contribution is -0.136. The fraction of sp³-hybridized carbons (Fsp3) is 0.609. The molecule has 1 fully saturated rings. The molecule has 1 saturated heterocycles. The number of amides is 1. The second-order valence-electron chi connectivity index (χ2n) is 8.67. The number of nitrogens with zero attached hydrogens (tertiary/aromatic N) is 4. The number of aromatic nitrogens is 3. The fourth-order valence-electron chi connectivity index (χ4n) is 4.13. The lowest BCUT2D eigenvalue weighted by Gasteiger charge is -2.40. The molecule has 164 valence electrons. The Bertz CT molecular complexity index is 839. The van der Waals surface area contributed by atoms with Gasteiger partial charge in [-0.1, -0.05) is 25.6 Å². The van der Waals surface area contributed by atoms with Crippen LogP contribution in [0.2, 0.25) is 0 Å². The lowest BCUT2D eigenvalue weighted by atomic mass is 9.97. The Kier molecular flexibility index (Phi) is 7.45. The molecule has 0 bridgehead atoms. The van der Waals surface area contributed by atoms with Crippen LogP contribution in [0, 0.1) is 5.92 Å². The highest BCUT2D eigenvalue weighted by Crippen LogP contribution is 2.31. The highest BCUT2D eigenvalue weighted by molar-refractivity contribution is 8.00. The minimum Gasteiger partial charge on any atom is -0.497 e. The Morgan fingerprint density at radius 1 is 1.13 bits per heavy atom. The SMILES string of the molecule is COc1ccc(-c2nnc(S[C@H](C)C(=O)N3[C@@H](C)CCC[C@@H]3C)n2CC(C)C)cc1. The number of piperidine rings is 1. The smallest absolute Gasteiger partial charge is 0.236 e. The third-order valence-corrected chi connectivity index (χ3v) is 6.76. The Labute approximate surface area is 184 Å². The van der Waals surface area contributed by atoms with Gasteiger partial charge in [-0.05, 0) is 70.2 Å². The van der Waals surface area contributed by atoms with Crippen LogP contribution in [0.3, 0.4) is 0 Å². The molecule has 2 heterocycles. The van der Waals surface area contributed by atoms with E-state index in [-0.39, 0.29) is 11.2 Å². The summed E-state index contributed by atoms with van der Waals surface area (Å²) in [6.07, 6.45) is 3.36. The summed E-state index contributed by atoms with van der Waals surface area (Å²) >= 11 is 1.51. The van der Waals surface area contributed by atoms with Gasteiger partial charge in [-0.3, -0.25) is 4.79 Å². The van der Waals surface area contributed by atoms with Crippen molar-refractivity contribution in [1.29, 1.82) is 0 Å². The molecular formula is C23H34N4O2S. The van der Waals surface area contributed by atoms with E-state index in [9.17, 15) is 4.79 Å². The Morgan fingerprint density at radius 2 is 1.77 bits per heavy atom. The zero-order valence-corrected chi connectivity index (χ0v) is 19.8. The molecule has 0 aliphatic carbocycles. The first-order chi connectivity index (χ1) is 14.3. The normalized spacial score (nSPS) is 20.4. The summed E-state index contributed by atoms with van der Waals surface area (Å²) in [5.41, 5.74) is 0.994. The van der Waals surface area contributed by atoms with Gasteiger partial charge in [0.25, 0.3) is 0 Å². The second-order valence-corrected chi connectivity index (χ2v) is 9.98. The molecule has 3 atom stereocenters. The summed E-state index contributed by atoms with van der Waals surface area (Å²) in [5, 5.41) is 9.54. The number of hydrogen-bond donors (Lipinski definition) is 0. The van der Waals surface area contributed by atoms with E-state index in [0.29, 0.717) is 18.0 Å². The van der Waals surface area contributed by atoms with Crippen LogP contribution in [0.25, 0.3) is 11.4 Å². The average molecular weight is 431 g/mol. The summed E-state index contributed by atoms with van der Waals surface area (Å²) in [6, 6.07) is 8.46. The van der Waals surface area contributed by atoms with Gasteiger partial charge < -0.3 is 14.2 Å². The van der Waals surface area contributed by atoms with E-state index in [2.05, 4.69) is 47.4 Å². The molecule has 30 heavy (non-hydrogen) atoms. The van der Waals surface area contributed by atoms with Crippen LogP contribution in [0.15, 0.2) is 29.4 Å². The molecule has 0 radical (unpaired) electrons. The maximum absolute atomic E-state index is 13.2. The van der Waals surface area contributed by atoms with E-state index in [1.807, 2.05) is 31.2 Å². The van der Waals surface area contributed by atoms with Crippen molar-refractivity contribution >= 4 is 17.7 Å². The molecular weight excluding hydrogens is 396 g/mol. The molecule has 1 amide bonds. The molecule has 3 rings (SSSR count). The number of thioether (sulfide) groups is 1. The van der Waals surface area contributed by atoms with Crippen molar-refractivity contribution in [2.75, 3.05) is 7.11 Å². The number of ether oxygens (including phenoxy) is 1. The van der Waals surface area contributed by atoms with E-state index in [4.69, 9.17) is 4.74 Å². The molecule has 1 aromatic heterocycles. The Balaban J connectivity index is 1.84. The first kappa shape index (κ1) is 22.7. The van der Waals surface area contributed by atoms with Crippen LogP contribution in [0.5, 0.6) is 5.75 Å². The van der Waals surface area contributed by atoms with Gasteiger partial charge in [0.2, 0.25) is 5.91 Å². The fourth-order valence-corrected chi connectivity index (χ4v) is 5.05. The highest BCUT2D eigenvalue weighted by atomic mass is 32.2. The molecule has 7 heteroatoms. The molecule has 2 aromatic rings. The molecule has 1 aromatic carbocycles. The zero-order valence-electron chi connectivity index (χ0n) is 19.0. The van der Waals surface area contributed by atoms with Gasteiger partial charge in [0.05, 0.1) is 12.4 Å². The second kappa shape index (κ2) is 9.86. The first-order valence-electron chi connectivity index (χ1n) is 10.9. The minimum atomic E-state index is -0.202. The van der Waals surface area contributed by atoms with Crippen LogP contribution in [-0.4, -0.2) is 50.0 Å². The minimum absolute atomic E-state index is 0.199. The number of carbonyl (C=O) groups is 1. The van der Waals surface area contributed by atoms with Gasteiger partial charge >= 0.3 is 0 Å². The van der Waals surface area contributed by atoms with Crippen LogP contribution in [0.4, 0.5) is 0 Å². The number of benzene rings is 1. The van der Waals surface area contributed by atoms with Crippen LogP contribution in [-0.2, 0) is 11.3 Å². The Morgan fingerprint density at radius 3 is 2.33 bits per heavy atom. The van der Waals surface area contributed by atoms with E-state index >= 15 is 0 Å². The lowest BCUT2D eigenvalue weighted by Crippen LogP contribution is -2.50. The van der Waals surface area contributed by atoms with Crippen LogP contribution in [0.1, 0.15) is 53.9 Å². The van der Waals surface area contributed by atoms with Crippen molar-refractivity contribution in [1.82, 2.24) is 19.7 Å². The predicted molar refractivity (Wildman–Crippen MR) is 122 cm³/mol. The number of carbonyl (C=O) groups excluding carboxylic acids is 1. The van der Waals surface area contributed by atoms with Crippen molar-refractivity contribution in [3.05, 3.63) is 24.3 Å². The van der Waals surface area contributed by atoms with Crippen molar-refractivity contribution in [2.24, 2.45) is 5.92 Å². The summed E-state index contributed by atoms with van der Waals surface area (Å²) in [4.78, 5) is 15.3. The van der Waals surface area contributed by atoms with E-state index < -0.39 is 0 Å². The number of methoxy groups -OCH3 is 1. The number of likely N-dealkylation sites (tertiary alicyclic amines) is 1.